The molecule has 0 bridgehead atoms. The molecule has 1 atom stereocenters. The summed E-state index contributed by atoms with van der Waals surface area (Å²) in [6.45, 7) is 5.95. The summed E-state index contributed by atoms with van der Waals surface area (Å²) >= 11 is 0. The molecule has 1 heterocycles. The molecule has 1 rings (SSSR count). The molecule has 1 unspecified atom stereocenters. The topological polar surface area (TPSA) is 46.9 Å². The van der Waals surface area contributed by atoms with Gasteiger partial charge in [-0.3, -0.25) is 4.21 Å². The van der Waals surface area contributed by atoms with E-state index in [1.807, 2.05) is 13.1 Å². The molecular formula is C11H21N3OS. The van der Waals surface area contributed by atoms with Crippen molar-refractivity contribution in [2.75, 3.05) is 23.9 Å². The van der Waals surface area contributed by atoms with Crippen LogP contribution in [0.5, 0.6) is 0 Å². The van der Waals surface area contributed by atoms with Crippen LogP contribution in [0, 0.1) is 6.92 Å². The summed E-state index contributed by atoms with van der Waals surface area (Å²) in [5.41, 5.74) is 1.02. The zero-order valence-corrected chi connectivity index (χ0v) is 11.1. The van der Waals surface area contributed by atoms with Gasteiger partial charge in [-0.05, 0) is 19.8 Å². The maximum atomic E-state index is 11.0. The lowest BCUT2D eigenvalue weighted by molar-refractivity contribution is 0.662. The highest BCUT2D eigenvalue weighted by molar-refractivity contribution is 7.84. The predicted octanol–water partition coefficient (Wildman–Crippen LogP) is 1.78. The normalized spacial score (nSPS) is 12.7. The zero-order valence-electron chi connectivity index (χ0n) is 10.3. The van der Waals surface area contributed by atoms with Gasteiger partial charge in [0.05, 0.1) is 5.69 Å². The summed E-state index contributed by atoms with van der Waals surface area (Å²) in [5, 5.41) is 3.30. The number of aryl methyl sites for hydroxylation is 2. The predicted molar refractivity (Wildman–Crippen MR) is 69.3 cm³/mol. The molecule has 0 saturated carbocycles. The van der Waals surface area contributed by atoms with E-state index >= 15 is 0 Å². The van der Waals surface area contributed by atoms with Crippen molar-refractivity contribution in [3.05, 3.63) is 11.9 Å². The van der Waals surface area contributed by atoms with Crippen molar-refractivity contribution in [1.29, 1.82) is 0 Å². The fraction of sp³-hybridized carbons (Fsp3) is 0.727. The van der Waals surface area contributed by atoms with E-state index in [1.54, 1.807) is 6.26 Å². The highest BCUT2D eigenvalue weighted by Crippen LogP contribution is 2.09. The van der Waals surface area contributed by atoms with Gasteiger partial charge in [0.25, 0.3) is 0 Å². The smallest absolute Gasteiger partial charge is 0.203 e. The molecule has 4 nitrogen and oxygen atoms in total. The van der Waals surface area contributed by atoms with Crippen LogP contribution >= 0.6 is 0 Å². The largest absolute Gasteiger partial charge is 0.356 e. The van der Waals surface area contributed by atoms with E-state index in [1.165, 1.54) is 0 Å². The molecule has 0 fully saturated rings. The fourth-order valence-electron chi connectivity index (χ4n) is 1.53. The van der Waals surface area contributed by atoms with Crippen molar-refractivity contribution in [3.63, 3.8) is 0 Å². The van der Waals surface area contributed by atoms with Crippen molar-refractivity contribution >= 4 is 16.7 Å². The van der Waals surface area contributed by atoms with Gasteiger partial charge in [-0.15, -0.1) is 0 Å². The van der Waals surface area contributed by atoms with Gasteiger partial charge in [0.2, 0.25) is 5.95 Å². The molecule has 0 saturated heterocycles. The summed E-state index contributed by atoms with van der Waals surface area (Å²) in [6.07, 6.45) is 5.80. The van der Waals surface area contributed by atoms with Crippen LogP contribution in [0.3, 0.4) is 0 Å². The third-order valence-electron chi connectivity index (χ3n) is 2.26. The van der Waals surface area contributed by atoms with E-state index in [-0.39, 0.29) is 0 Å². The number of anilines is 1. The molecule has 0 spiro atoms. The quantitative estimate of drug-likeness (QED) is 0.794. The van der Waals surface area contributed by atoms with Gasteiger partial charge in [0.15, 0.2) is 0 Å². The number of nitrogens with zero attached hydrogens (tertiary/aromatic N) is 2. The lowest BCUT2D eigenvalue weighted by atomic mass is 10.4. The summed E-state index contributed by atoms with van der Waals surface area (Å²) in [6, 6.07) is 0. The number of imidazole rings is 1. The van der Waals surface area contributed by atoms with Crippen molar-refractivity contribution < 1.29 is 4.21 Å². The van der Waals surface area contributed by atoms with Gasteiger partial charge in [-0.2, -0.15) is 0 Å². The Morgan fingerprint density at radius 1 is 1.56 bits per heavy atom. The maximum Gasteiger partial charge on any atom is 0.203 e. The Balaban J connectivity index is 2.52. The van der Waals surface area contributed by atoms with Crippen LogP contribution in [-0.2, 0) is 17.3 Å². The minimum atomic E-state index is -0.699. The molecule has 1 aromatic heterocycles. The SMILES string of the molecule is CCCNc1nc(C)cn1CCCS(C)=O. The van der Waals surface area contributed by atoms with Crippen LogP contribution in [-0.4, -0.2) is 32.3 Å². The van der Waals surface area contributed by atoms with Gasteiger partial charge < -0.3 is 9.88 Å². The highest BCUT2D eigenvalue weighted by atomic mass is 32.2. The minimum Gasteiger partial charge on any atom is -0.356 e. The van der Waals surface area contributed by atoms with Gasteiger partial charge in [-0.1, -0.05) is 6.92 Å². The van der Waals surface area contributed by atoms with E-state index < -0.39 is 10.8 Å². The van der Waals surface area contributed by atoms with Crippen LogP contribution < -0.4 is 5.32 Å². The minimum absolute atomic E-state index is 0.699. The van der Waals surface area contributed by atoms with Crippen LogP contribution in [0.2, 0.25) is 0 Å². The van der Waals surface area contributed by atoms with Crippen LogP contribution in [0.25, 0.3) is 0 Å². The third-order valence-corrected chi connectivity index (χ3v) is 3.12. The van der Waals surface area contributed by atoms with E-state index in [0.29, 0.717) is 0 Å². The van der Waals surface area contributed by atoms with Crippen molar-refractivity contribution in [1.82, 2.24) is 9.55 Å². The molecule has 0 aliphatic heterocycles. The average Bonchev–Trinajstić information content (AvgIpc) is 2.55. The molecule has 0 aliphatic carbocycles. The Morgan fingerprint density at radius 3 is 2.94 bits per heavy atom. The molecule has 0 amide bonds. The molecule has 0 aliphatic rings. The number of rotatable bonds is 7. The Labute approximate surface area is 99.9 Å². The Hall–Kier alpha value is -0.840. The second-order valence-electron chi connectivity index (χ2n) is 3.96. The summed E-state index contributed by atoms with van der Waals surface area (Å²) in [5.74, 6) is 1.69. The average molecular weight is 243 g/mol. The molecule has 1 aromatic rings. The molecule has 16 heavy (non-hydrogen) atoms. The van der Waals surface area contributed by atoms with E-state index in [0.717, 1.165) is 43.3 Å². The second-order valence-corrected chi connectivity index (χ2v) is 5.51. The van der Waals surface area contributed by atoms with Gasteiger partial charge in [-0.25, -0.2) is 4.98 Å². The van der Waals surface area contributed by atoms with Gasteiger partial charge in [0.1, 0.15) is 0 Å². The lowest BCUT2D eigenvalue weighted by Gasteiger charge is -2.08. The zero-order chi connectivity index (χ0) is 12.0. The van der Waals surface area contributed by atoms with Crippen LogP contribution in [0.1, 0.15) is 25.5 Å². The third kappa shape index (κ3) is 4.35. The number of hydrogen-bond acceptors (Lipinski definition) is 3. The first-order valence-electron chi connectivity index (χ1n) is 5.71. The molecule has 1 N–H and O–H groups in total. The van der Waals surface area contributed by atoms with Crippen molar-refractivity contribution in [2.24, 2.45) is 0 Å². The van der Waals surface area contributed by atoms with E-state index in [2.05, 4.69) is 21.8 Å². The van der Waals surface area contributed by atoms with Gasteiger partial charge >= 0.3 is 0 Å². The molecule has 0 aromatic carbocycles. The first-order chi connectivity index (χ1) is 7.63. The lowest BCUT2D eigenvalue weighted by Crippen LogP contribution is -2.09. The highest BCUT2D eigenvalue weighted by Gasteiger charge is 2.04. The van der Waals surface area contributed by atoms with Crippen LogP contribution in [0.4, 0.5) is 5.95 Å². The van der Waals surface area contributed by atoms with Crippen molar-refractivity contribution in [2.45, 2.75) is 33.2 Å². The van der Waals surface area contributed by atoms with E-state index in [4.69, 9.17) is 0 Å². The number of aromatic nitrogens is 2. The second kappa shape index (κ2) is 6.68. The first kappa shape index (κ1) is 13.2. The van der Waals surface area contributed by atoms with Gasteiger partial charge in [0, 0.05) is 42.1 Å². The Bertz CT molecular complexity index is 349. The maximum absolute atomic E-state index is 11.0. The number of nitrogens with one attached hydrogen (secondary N) is 1. The fourth-order valence-corrected chi connectivity index (χ4v) is 2.07. The molecular weight excluding hydrogens is 222 g/mol. The molecule has 0 radical (unpaired) electrons. The summed E-state index contributed by atoms with van der Waals surface area (Å²) in [7, 11) is -0.699. The first-order valence-corrected chi connectivity index (χ1v) is 7.44. The summed E-state index contributed by atoms with van der Waals surface area (Å²) < 4.78 is 13.1. The molecule has 5 heteroatoms. The Kier molecular flexibility index (Phi) is 5.52. The summed E-state index contributed by atoms with van der Waals surface area (Å²) in [4.78, 5) is 4.42. The molecule has 92 valence electrons. The number of hydrogen-bond donors (Lipinski definition) is 1. The standard InChI is InChI=1S/C11H21N3OS/c1-4-6-12-11-13-10(2)9-14(11)7-5-8-16(3)15/h9H,4-8H2,1-3H3,(H,12,13). The van der Waals surface area contributed by atoms with E-state index in [9.17, 15) is 4.21 Å². The van der Waals surface area contributed by atoms with Crippen molar-refractivity contribution in [3.8, 4) is 0 Å². The monoisotopic (exact) mass is 243 g/mol. The Morgan fingerprint density at radius 2 is 2.31 bits per heavy atom. The van der Waals surface area contributed by atoms with Crippen LogP contribution in [0.15, 0.2) is 6.20 Å².